The molecule has 0 aromatic rings. The molecule has 0 radical (unpaired) electrons. The van der Waals surface area contributed by atoms with Gasteiger partial charge in [0.25, 0.3) is 0 Å². The first kappa shape index (κ1) is 14.4. The van der Waals surface area contributed by atoms with E-state index >= 15 is 0 Å². The summed E-state index contributed by atoms with van der Waals surface area (Å²) >= 11 is 0. The van der Waals surface area contributed by atoms with Crippen LogP contribution in [0.3, 0.4) is 0 Å². The monoisotopic (exact) mass is 263 g/mol. The number of carbonyl (C=O) groups is 1. The number of aliphatic carboxylic acids is 1. The lowest BCUT2D eigenvalue weighted by Gasteiger charge is -2.28. The van der Waals surface area contributed by atoms with Crippen molar-refractivity contribution < 1.29 is 18.3 Å². The van der Waals surface area contributed by atoms with Crippen molar-refractivity contribution in [1.82, 2.24) is 5.32 Å². The standard InChI is InChI=1S/C11H21NO4S/c1-2-17(15,16)8-4-6-9-5-3-7-10(12-9)11(13)14/h9-10,12H,2-8H2,1H3,(H,13,14). The first-order chi connectivity index (χ1) is 7.94. The van der Waals surface area contributed by atoms with Gasteiger partial charge in [0.05, 0.1) is 5.75 Å². The van der Waals surface area contributed by atoms with Gasteiger partial charge in [0.2, 0.25) is 0 Å². The number of carboxylic acids is 1. The number of nitrogens with one attached hydrogen (secondary N) is 1. The summed E-state index contributed by atoms with van der Waals surface area (Å²) in [4.78, 5) is 10.8. The van der Waals surface area contributed by atoms with Crippen LogP contribution in [-0.2, 0) is 14.6 Å². The van der Waals surface area contributed by atoms with E-state index in [0.717, 1.165) is 19.3 Å². The van der Waals surface area contributed by atoms with E-state index in [0.29, 0.717) is 12.8 Å². The molecular formula is C11H21NO4S. The predicted molar refractivity (Wildman–Crippen MR) is 65.8 cm³/mol. The van der Waals surface area contributed by atoms with Gasteiger partial charge in [0, 0.05) is 11.8 Å². The quantitative estimate of drug-likeness (QED) is 0.740. The second-order valence-corrected chi connectivity index (χ2v) is 7.04. The fourth-order valence-corrected chi connectivity index (χ4v) is 3.03. The normalized spacial score (nSPS) is 25.7. The molecule has 0 amide bonds. The Morgan fingerprint density at radius 1 is 1.41 bits per heavy atom. The van der Waals surface area contributed by atoms with Gasteiger partial charge in [-0.1, -0.05) is 6.92 Å². The van der Waals surface area contributed by atoms with Crippen LogP contribution >= 0.6 is 0 Å². The molecular weight excluding hydrogens is 242 g/mol. The first-order valence-electron chi connectivity index (χ1n) is 6.14. The molecule has 2 N–H and O–H groups in total. The minimum absolute atomic E-state index is 0.150. The lowest BCUT2D eigenvalue weighted by Crippen LogP contribution is -2.46. The zero-order chi connectivity index (χ0) is 12.9. The van der Waals surface area contributed by atoms with Crippen molar-refractivity contribution in [1.29, 1.82) is 0 Å². The summed E-state index contributed by atoms with van der Waals surface area (Å²) in [5.74, 6) is -0.418. The van der Waals surface area contributed by atoms with Crippen molar-refractivity contribution in [2.24, 2.45) is 0 Å². The van der Waals surface area contributed by atoms with Crippen molar-refractivity contribution in [3.8, 4) is 0 Å². The molecule has 0 spiro atoms. The van der Waals surface area contributed by atoms with Crippen LogP contribution in [0.25, 0.3) is 0 Å². The van der Waals surface area contributed by atoms with Gasteiger partial charge >= 0.3 is 5.97 Å². The Bertz CT molecular complexity index is 352. The summed E-state index contributed by atoms with van der Waals surface area (Å²) in [6.07, 6.45) is 3.85. The average molecular weight is 263 g/mol. The fraction of sp³-hybridized carbons (Fsp3) is 0.909. The van der Waals surface area contributed by atoms with Gasteiger partial charge in [-0.2, -0.15) is 0 Å². The third-order valence-electron chi connectivity index (χ3n) is 3.23. The minimum atomic E-state index is -2.89. The van der Waals surface area contributed by atoms with E-state index in [9.17, 15) is 13.2 Å². The van der Waals surface area contributed by atoms with E-state index in [1.54, 1.807) is 6.92 Å². The summed E-state index contributed by atoms with van der Waals surface area (Å²) in [5, 5.41) is 12.0. The Hall–Kier alpha value is -0.620. The first-order valence-corrected chi connectivity index (χ1v) is 7.96. The van der Waals surface area contributed by atoms with Crippen molar-refractivity contribution in [2.75, 3.05) is 11.5 Å². The van der Waals surface area contributed by atoms with Gasteiger partial charge < -0.3 is 10.4 Å². The lowest BCUT2D eigenvalue weighted by molar-refractivity contribution is -0.140. The van der Waals surface area contributed by atoms with Crippen LogP contribution in [0.15, 0.2) is 0 Å². The smallest absolute Gasteiger partial charge is 0.320 e. The van der Waals surface area contributed by atoms with E-state index in [-0.39, 0.29) is 17.5 Å². The van der Waals surface area contributed by atoms with E-state index in [4.69, 9.17) is 5.11 Å². The van der Waals surface area contributed by atoms with Crippen LogP contribution < -0.4 is 5.32 Å². The molecule has 1 fully saturated rings. The number of sulfone groups is 1. The van der Waals surface area contributed by atoms with Gasteiger partial charge in [-0.15, -0.1) is 0 Å². The molecule has 2 atom stereocenters. The maximum Gasteiger partial charge on any atom is 0.320 e. The van der Waals surface area contributed by atoms with E-state index in [2.05, 4.69) is 5.32 Å². The summed E-state index contributed by atoms with van der Waals surface area (Å²) in [6, 6.07) is -0.312. The van der Waals surface area contributed by atoms with Gasteiger partial charge in [-0.3, -0.25) is 4.79 Å². The Morgan fingerprint density at radius 2 is 2.12 bits per heavy atom. The highest BCUT2D eigenvalue weighted by Crippen LogP contribution is 2.16. The maximum absolute atomic E-state index is 11.3. The number of rotatable bonds is 6. The zero-order valence-electron chi connectivity index (χ0n) is 10.2. The van der Waals surface area contributed by atoms with Crippen LogP contribution in [0, 0.1) is 0 Å². The Kier molecular flexibility index (Phi) is 5.39. The zero-order valence-corrected chi connectivity index (χ0v) is 11.0. The summed E-state index contributed by atoms with van der Waals surface area (Å²) in [7, 11) is -2.89. The molecule has 1 aliphatic rings. The molecule has 0 aromatic heterocycles. The molecule has 1 aliphatic heterocycles. The molecule has 17 heavy (non-hydrogen) atoms. The maximum atomic E-state index is 11.3. The van der Waals surface area contributed by atoms with Crippen molar-refractivity contribution in [3.05, 3.63) is 0 Å². The highest BCUT2D eigenvalue weighted by Gasteiger charge is 2.25. The second-order valence-electron chi connectivity index (χ2n) is 4.56. The summed E-state index contributed by atoms with van der Waals surface area (Å²) in [6.45, 7) is 1.65. The largest absolute Gasteiger partial charge is 0.480 e. The van der Waals surface area contributed by atoms with Gasteiger partial charge in [0.1, 0.15) is 15.9 Å². The highest BCUT2D eigenvalue weighted by atomic mass is 32.2. The van der Waals surface area contributed by atoms with Crippen LogP contribution in [0.1, 0.15) is 39.0 Å². The SMILES string of the molecule is CCS(=O)(=O)CCCC1CCCC(C(=O)O)N1. The van der Waals surface area contributed by atoms with Crippen molar-refractivity contribution in [3.63, 3.8) is 0 Å². The van der Waals surface area contributed by atoms with E-state index < -0.39 is 21.8 Å². The third kappa shape index (κ3) is 5.04. The molecule has 6 heteroatoms. The molecule has 0 bridgehead atoms. The van der Waals surface area contributed by atoms with Gasteiger partial charge in [0.15, 0.2) is 0 Å². The molecule has 0 saturated carbocycles. The van der Waals surface area contributed by atoms with Gasteiger partial charge in [-0.25, -0.2) is 8.42 Å². The Balaban J connectivity index is 2.30. The van der Waals surface area contributed by atoms with Crippen LogP contribution in [0.4, 0.5) is 0 Å². The average Bonchev–Trinajstić information content (AvgIpc) is 2.29. The topological polar surface area (TPSA) is 83.5 Å². The summed E-state index contributed by atoms with van der Waals surface area (Å²) in [5.41, 5.74) is 0. The van der Waals surface area contributed by atoms with Crippen molar-refractivity contribution >= 4 is 15.8 Å². The number of carboxylic acid groups (broad SMARTS) is 1. The molecule has 1 heterocycles. The molecule has 2 unspecified atom stereocenters. The molecule has 1 saturated heterocycles. The molecule has 100 valence electrons. The molecule has 1 rings (SSSR count). The summed E-state index contributed by atoms with van der Waals surface area (Å²) < 4.78 is 22.6. The third-order valence-corrected chi connectivity index (χ3v) is 5.02. The van der Waals surface area contributed by atoms with Gasteiger partial charge in [-0.05, 0) is 32.1 Å². The molecule has 0 aliphatic carbocycles. The molecule has 0 aromatic carbocycles. The van der Waals surface area contributed by atoms with Crippen LogP contribution in [0.5, 0.6) is 0 Å². The van der Waals surface area contributed by atoms with E-state index in [1.165, 1.54) is 0 Å². The second kappa shape index (κ2) is 6.35. The Morgan fingerprint density at radius 3 is 2.71 bits per heavy atom. The predicted octanol–water partition coefficient (Wildman–Crippen LogP) is 0.797. The highest BCUT2D eigenvalue weighted by molar-refractivity contribution is 7.91. The lowest BCUT2D eigenvalue weighted by atomic mass is 9.96. The Labute approximate surface area is 103 Å². The minimum Gasteiger partial charge on any atom is -0.480 e. The van der Waals surface area contributed by atoms with E-state index in [1.807, 2.05) is 0 Å². The number of hydrogen-bond donors (Lipinski definition) is 2. The molecule has 5 nitrogen and oxygen atoms in total. The van der Waals surface area contributed by atoms with Crippen LogP contribution in [-0.4, -0.2) is 43.1 Å². The number of piperidine rings is 1. The number of hydrogen-bond acceptors (Lipinski definition) is 4. The van der Waals surface area contributed by atoms with Crippen molar-refractivity contribution in [2.45, 2.75) is 51.1 Å². The van der Waals surface area contributed by atoms with Crippen LogP contribution in [0.2, 0.25) is 0 Å². The fourth-order valence-electron chi connectivity index (χ4n) is 2.14.